The molecular formula is C17H27N3O4. The van der Waals surface area contributed by atoms with Crippen LogP contribution in [0.15, 0.2) is 12.4 Å². The molecule has 1 aliphatic heterocycles. The van der Waals surface area contributed by atoms with E-state index in [0.717, 1.165) is 12.0 Å². The molecule has 0 aromatic carbocycles. The van der Waals surface area contributed by atoms with Gasteiger partial charge in [-0.05, 0) is 24.0 Å². The van der Waals surface area contributed by atoms with Crippen LogP contribution >= 0.6 is 0 Å². The molecule has 1 amide bonds. The minimum absolute atomic E-state index is 0.0762. The molecule has 7 heteroatoms. The molecule has 0 bridgehead atoms. The first-order valence-electron chi connectivity index (χ1n) is 8.42. The minimum atomic E-state index is -0.140. The van der Waals surface area contributed by atoms with E-state index < -0.39 is 0 Å². The molecule has 24 heavy (non-hydrogen) atoms. The summed E-state index contributed by atoms with van der Waals surface area (Å²) in [5.41, 5.74) is 2.03. The Balaban J connectivity index is 2.30. The van der Waals surface area contributed by atoms with E-state index in [1.165, 1.54) is 0 Å². The maximum absolute atomic E-state index is 13.2. The summed E-state index contributed by atoms with van der Waals surface area (Å²) in [5.74, 6) is -0.0762. The van der Waals surface area contributed by atoms with Crippen molar-refractivity contribution >= 4 is 5.91 Å². The number of hydrogen-bond acceptors (Lipinski definition) is 6. The smallest absolute Gasteiger partial charge is 0.270 e. The second kappa shape index (κ2) is 9.68. The summed E-state index contributed by atoms with van der Waals surface area (Å²) in [7, 11) is 1.62. The number of amides is 1. The third kappa shape index (κ3) is 4.51. The van der Waals surface area contributed by atoms with Gasteiger partial charge in [-0.3, -0.25) is 14.8 Å². The van der Waals surface area contributed by atoms with E-state index in [9.17, 15) is 9.90 Å². The van der Waals surface area contributed by atoms with E-state index in [1.807, 2.05) is 5.01 Å². The Morgan fingerprint density at radius 1 is 1.42 bits per heavy atom. The summed E-state index contributed by atoms with van der Waals surface area (Å²) >= 11 is 0. The molecule has 134 valence electrons. The third-order valence-electron chi connectivity index (χ3n) is 4.10. The van der Waals surface area contributed by atoms with Gasteiger partial charge in [0.25, 0.3) is 5.91 Å². The van der Waals surface area contributed by atoms with Crippen molar-refractivity contribution in [1.29, 1.82) is 0 Å². The lowest BCUT2D eigenvalue weighted by Crippen LogP contribution is -2.52. The van der Waals surface area contributed by atoms with Crippen molar-refractivity contribution in [3.8, 4) is 0 Å². The van der Waals surface area contributed by atoms with Gasteiger partial charge in [0.1, 0.15) is 0 Å². The van der Waals surface area contributed by atoms with Crippen LogP contribution in [0.5, 0.6) is 0 Å². The molecule has 1 aromatic heterocycles. The van der Waals surface area contributed by atoms with Crippen LogP contribution in [-0.2, 0) is 22.5 Å². The minimum Gasteiger partial charge on any atom is -0.392 e. The normalized spacial score (nSPS) is 15.5. The van der Waals surface area contributed by atoms with Crippen molar-refractivity contribution in [3.05, 3.63) is 29.1 Å². The fourth-order valence-corrected chi connectivity index (χ4v) is 2.87. The van der Waals surface area contributed by atoms with E-state index in [0.29, 0.717) is 57.0 Å². The number of carbonyl (C=O) groups excluding carboxylic acids is 1. The fraction of sp³-hybridized carbons (Fsp3) is 0.647. The molecule has 1 saturated heterocycles. The predicted octanol–water partition coefficient (Wildman–Crippen LogP) is 0.862. The molecule has 0 spiro atoms. The lowest BCUT2D eigenvalue weighted by atomic mass is 10.0. The number of aliphatic hydroxyl groups excluding tert-OH is 1. The maximum Gasteiger partial charge on any atom is 0.270 e. The molecule has 0 atom stereocenters. The van der Waals surface area contributed by atoms with E-state index in [1.54, 1.807) is 24.5 Å². The van der Waals surface area contributed by atoms with Crippen LogP contribution in [0.4, 0.5) is 0 Å². The van der Waals surface area contributed by atoms with Crippen LogP contribution in [0.2, 0.25) is 0 Å². The molecule has 1 N–H and O–H groups in total. The van der Waals surface area contributed by atoms with Gasteiger partial charge < -0.3 is 14.6 Å². The second-order valence-electron chi connectivity index (χ2n) is 5.72. The number of nitrogens with zero attached hydrogens (tertiary/aromatic N) is 3. The molecule has 1 aromatic rings. The van der Waals surface area contributed by atoms with E-state index in [4.69, 9.17) is 9.47 Å². The summed E-state index contributed by atoms with van der Waals surface area (Å²) in [5, 5.41) is 13.4. The Kier molecular flexibility index (Phi) is 7.58. The van der Waals surface area contributed by atoms with E-state index >= 15 is 0 Å². The second-order valence-corrected chi connectivity index (χ2v) is 5.72. The highest BCUT2D eigenvalue weighted by molar-refractivity contribution is 5.95. The number of aliphatic hydroxyl groups is 1. The average molecular weight is 337 g/mol. The number of ether oxygens (including phenoxy) is 2. The SMILES string of the molecule is CCCN(C(=O)c1cncc(CO)c1CCOC)N1CCOCC1. The number of hydrazine groups is 1. The highest BCUT2D eigenvalue weighted by Crippen LogP contribution is 2.19. The average Bonchev–Trinajstić information content (AvgIpc) is 2.64. The summed E-state index contributed by atoms with van der Waals surface area (Å²) < 4.78 is 10.5. The van der Waals surface area contributed by atoms with E-state index in [2.05, 4.69) is 11.9 Å². The van der Waals surface area contributed by atoms with Gasteiger partial charge in [0.05, 0.1) is 32.0 Å². The van der Waals surface area contributed by atoms with Gasteiger partial charge in [0, 0.05) is 39.1 Å². The third-order valence-corrected chi connectivity index (χ3v) is 4.10. The standard InChI is InChI=1S/C17H27N3O4/c1-3-5-20(19-6-9-24-10-7-19)17(22)16-12-18-11-14(13-21)15(16)4-8-23-2/h11-12,21H,3-10,13H2,1-2H3. The number of methoxy groups -OCH3 is 1. The van der Waals surface area contributed by atoms with Crippen LogP contribution in [0.25, 0.3) is 0 Å². The fourth-order valence-electron chi connectivity index (χ4n) is 2.87. The largest absolute Gasteiger partial charge is 0.392 e. The highest BCUT2D eigenvalue weighted by Gasteiger charge is 2.26. The van der Waals surface area contributed by atoms with Gasteiger partial charge in [-0.2, -0.15) is 0 Å². The molecule has 1 fully saturated rings. The Labute approximate surface area is 143 Å². The maximum atomic E-state index is 13.2. The van der Waals surface area contributed by atoms with Crippen molar-refractivity contribution in [2.24, 2.45) is 0 Å². The Morgan fingerprint density at radius 3 is 2.79 bits per heavy atom. The van der Waals surface area contributed by atoms with E-state index in [-0.39, 0.29) is 12.5 Å². The summed E-state index contributed by atoms with van der Waals surface area (Å²) in [6, 6.07) is 0. The molecule has 2 heterocycles. The number of rotatable bonds is 8. The first-order chi connectivity index (χ1) is 11.7. The van der Waals surface area contributed by atoms with Crippen LogP contribution in [0, 0.1) is 0 Å². The summed E-state index contributed by atoms with van der Waals surface area (Å²) in [6.45, 7) is 5.69. The molecule has 1 aliphatic rings. The highest BCUT2D eigenvalue weighted by atomic mass is 16.5. The lowest BCUT2D eigenvalue weighted by molar-refractivity contribution is -0.0698. The van der Waals surface area contributed by atoms with Crippen LogP contribution in [0.3, 0.4) is 0 Å². The quantitative estimate of drug-likeness (QED) is 0.758. The molecule has 2 rings (SSSR count). The van der Waals surface area contributed by atoms with Crippen LogP contribution in [-0.4, -0.2) is 72.6 Å². The van der Waals surface area contributed by atoms with Crippen LogP contribution in [0.1, 0.15) is 34.8 Å². The van der Waals surface area contributed by atoms with Crippen LogP contribution < -0.4 is 0 Å². The zero-order valence-corrected chi connectivity index (χ0v) is 14.5. The monoisotopic (exact) mass is 337 g/mol. The number of hydrogen-bond donors (Lipinski definition) is 1. The Hall–Kier alpha value is -1.54. The summed E-state index contributed by atoms with van der Waals surface area (Å²) in [4.78, 5) is 17.3. The van der Waals surface area contributed by atoms with Gasteiger partial charge in [-0.1, -0.05) is 6.92 Å². The predicted molar refractivity (Wildman–Crippen MR) is 89.5 cm³/mol. The van der Waals surface area contributed by atoms with Crippen molar-refractivity contribution in [2.75, 3.05) is 46.6 Å². The Morgan fingerprint density at radius 2 is 2.17 bits per heavy atom. The molecular weight excluding hydrogens is 310 g/mol. The Bertz CT molecular complexity index is 533. The van der Waals surface area contributed by atoms with Gasteiger partial charge in [0.15, 0.2) is 0 Å². The van der Waals surface area contributed by atoms with Crippen molar-refractivity contribution in [2.45, 2.75) is 26.4 Å². The molecule has 0 saturated carbocycles. The number of aromatic nitrogens is 1. The first-order valence-corrected chi connectivity index (χ1v) is 8.42. The zero-order valence-electron chi connectivity index (χ0n) is 14.5. The van der Waals surface area contributed by atoms with Crippen molar-refractivity contribution in [3.63, 3.8) is 0 Å². The number of pyridine rings is 1. The van der Waals surface area contributed by atoms with Gasteiger partial charge in [-0.15, -0.1) is 0 Å². The van der Waals surface area contributed by atoms with Gasteiger partial charge in [0.2, 0.25) is 0 Å². The van der Waals surface area contributed by atoms with Crippen molar-refractivity contribution < 1.29 is 19.4 Å². The number of morpholine rings is 1. The summed E-state index contributed by atoms with van der Waals surface area (Å²) in [6.07, 6.45) is 4.64. The molecule has 0 aliphatic carbocycles. The molecule has 0 radical (unpaired) electrons. The zero-order chi connectivity index (χ0) is 17.4. The molecule has 7 nitrogen and oxygen atoms in total. The molecule has 0 unspecified atom stereocenters. The first kappa shape index (κ1) is 18.8. The lowest BCUT2D eigenvalue weighted by Gasteiger charge is -2.37. The number of carbonyl (C=O) groups is 1. The van der Waals surface area contributed by atoms with Gasteiger partial charge in [-0.25, -0.2) is 5.01 Å². The topological polar surface area (TPSA) is 75.1 Å². The van der Waals surface area contributed by atoms with Crippen molar-refractivity contribution in [1.82, 2.24) is 15.0 Å². The van der Waals surface area contributed by atoms with Gasteiger partial charge >= 0.3 is 0 Å².